The van der Waals surface area contributed by atoms with Crippen LogP contribution in [0.1, 0.15) is 18.5 Å². The van der Waals surface area contributed by atoms with Gasteiger partial charge in [-0.2, -0.15) is 0 Å². The molecule has 0 spiro atoms. The lowest BCUT2D eigenvalue weighted by atomic mass is 10.1. The molecule has 1 unspecified atom stereocenters. The lowest BCUT2D eigenvalue weighted by Crippen LogP contribution is -2.06. The molecule has 0 radical (unpaired) electrons. The van der Waals surface area contributed by atoms with Gasteiger partial charge in [-0.15, -0.1) is 0 Å². The van der Waals surface area contributed by atoms with Crippen LogP contribution in [0.15, 0.2) is 54.6 Å². The van der Waals surface area contributed by atoms with E-state index in [1.54, 1.807) is 0 Å². The van der Waals surface area contributed by atoms with Gasteiger partial charge in [0.05, 0.1) is 6.61 Å². The van der Waals surface area contributed by atoms with Crippen LogP contribution < -0.4 is 10.1 Å². The molecule has 0 saturated carbocycles. The average Bonchev–Trinajstić information content (AvgIpc) is 2.47. The molecule has 2 N–H and O–H groups in total. The number of rotatable bonds is 6. The zero-order chi connectivity index (χ0) is 13.5. The summed E-state index contributed by atoms with van der Waals surface area (Å²) < 4.78 is 5.32. The molecule has 3 nitrogen and oxygen atoms in total. The number of ether oxygens (including phenoxy) is 1. The summed E-state index contributed by atoms with van der Waals surface area (Å²) in [6, 6.07) is 18.3. The Morgan fingerprint density at radius 2 is 1.74 bits per heavy atom. The van der Waals surface area contributed by atoms with Gasteiger partial charge in [0.25, 0.3) is 0 Å². The first-order valence-electron chi connectivity index (χ1n) is 6.45. The Kier molecular flexibility index (Phi) is 4.81. The highest BCUT2D eigenvalue weighted by Gasteiger charge is 2.04. The molecule has 0 saturated heterocycles. The summed E-state index contributed by atoms with van der Waals surface area (Å²) in [5.74, 6) is 0.770. The van der Waals surface area contributed by atoms with Gasteiger partial charge in [0.1, 0.15) is 12.4 Å². The van der Waals surface area contributed by atoms with E-state index in [4.69, 9.17) is 9.84 Å². The number of hydrogen-bond donors (Lipinski definition) is 2. The quantitative estimate of drug-likeness (QED) is 0.834. The van der Waals surface area contributed by atoms with Crippen LogP contribution in [0.5, 0.6) is 5.75 Å². The molecule has 0 aliphatic carbocycles. The summed E-state index contributed by atoms with van der Waals surface area (Å²) in [6.45, 7) is 2.49. The van der Waals surface area contributed by atoms with Crippen LogP contribution in [0.25, 0.3) is 0 Å². The topological polar surface area (TPSA) is 41.5 Å². The van der Waals surface area contributed by atoms with Crippen molar-refractivity contribution < 1.29 is 9.84 Å². The van der Waals surface area contributed by atoms with Crippen LogP contribution >= 0.6 is 0 Å². The zero-order valence-corrected chi connectivity index (χ0v) is 11.0. The summed E-state index contributed by atoms with van der Waals surface area (Å²) in [4.78, 5) is 0. The Morgan fingerprint density at radius 1 is 1.05 bits per heavy atom. The summed E-state index contributed by atoms with van der Waals surface area (Å²) in [5, 5.41) is 12.1. The molecule has 0 heterocycles. The van der Waals surface area contributed by atoms with E-state index in [1.807, 2.05) is 42.5 Å². The smallest absolute Gasteiger partial charge is 0.119 e. The van der Waals surface area contributed by atoms with Gasteiger partial charge in [-0.25, -0.2) is 0 Å². The van der Waals surface area contributed by atoms with E-state index in [1.165, 1.54) is 5.56 Å². The highest BCUT2D eigenvalue weighted by Crippen LogP contribution is 2.21. The van der Waals surface area contributed by atoms with Gasteiger partial charge >= 0.3 is 0 Å². The van der Waals surface area contributed by atoms with Crippen molar-refractivity contribution in [1.82, 2.24) is 0 Å². The number of nitrogens with one attached hydrogen (secondary N) is 1. The molecule has 2 aromatic carbocycles. The molecule has 3 heteroatoms. The van der Waals surface area contributed by atoms with E-state index in [0.29, 0.717) is 6.61 Å². The maximum atomic E-state index is 8.69. The van der Waals surface area contributed by atoms with Crippen molar-refractivity contribution in [1.29, 1.82) is 0 Å². The molecule has 0 aromatic heterocycles. The predicted molar refractivity (Wildman–Crippen MR) is 77.5 cm³/mol. The number of hydrogen-bond acceptors (Lipinski definition) is 3. The van der Waals surface area contributed by atoms with Crippen molar-refractivity contribution in [3.63, 3.8) is 0 Å². The monoisotopic (exact) mass is 257 g/mol. The van der Waals surface area contributed by atoms with Crippen LogP contribution in [0, 0.1) is 0 Å². The van der Waals surface area contributed by atoms with Crippen molar-refractivity contribution in [3.05, 3.63) is 60.2 Å². The van der Waals surface area contributed by atoms with Crippen LogP contribution in [0.2, 0.25) is 0 Å². The molecule has 2 aromatic rings. The minimum atomic E-state index is 0.0328. The fourth-order valence-electron chi connectivity index (χ4n) is 1.89. The number of benzene rings is 2. The van der Waals surface area contributed by atoms with Crippen molar-refractivity contribution in [2.45, 2.75) is 13.0 Å². The third kappa shape index (κ3) is 4.00. The molecule has 100 valence electrons. The van der Waals surface area contributed by atoms with E-state index >= 15 is 0 Å². The van der Waals surface area contributed by atoms with Gasteiger partial charge in [-0.05, 0) is 36.8 Å². The second kappa shape index (κ2) is 6.81. The van der Waals surface area contributed by atoms with Gasteiger partial charge in [-0.1, -0.05) is 30.3 Å². The number of anilines is 1. The van der Waals surface area contributed by atoms with Crippen molar-refractivity contribution in [3.8, 4) is 5.75 Å². The molecule has 0 fully saturated rings. The summed E-state index contributed by atoms with van der Waals surface area (Å²) in [6.07, 6.45) is 0. The molecule has 1 atom stereocenters. The third-order valence-corrected chi connectivity index (χ3v) is 2.90. The highest BCUT2D eigenvalue weighted by molar-refractivity contribution is 5.48. The lowest BCUT2D eigenvalue weighted by Gasteiger charge is -2.16. The largest absolute Gasteiger partial charge is 0.491 e. The van der Waals surface area contributed by atoms with Crippen molar-refractivity contribution in [2.24, 2.45) is 0 Å². The first-order chi connectivity index (χ1) is 9.29. The maximum Gasteiger partial charge on any atom is 0.119 e. The van der Waals surface area contributed by atoms with E-state index in [0.717, 1.165) is 11.4 Å². The van der Waals surface area contributed by atoms with Crippen LogP contribution in [-0.2, 0) is 0 Å². The van der Waals surface area contributed by atoms with Crippen LogP contribution in [0.4, 0.5) is 5.69 Å². The normalized spacial score (nSPS) is 11.9. The SMILES string of the molecule is CC(Nc1ccc(OCCO)cc1)c1ccccc1. The molecule has 0 aliphatic heterocycles. The van der Waals surface area contributed by atoms with E-state index < -0.39 is 0 Å². The molecule has 2 rings (SSSR count). The first kappa shape index (κ1) is 13.4. The van der Waals surface area contributed by atoms with Gasteiger partial charge in [-0.3, -0.25) is 0 Å². The summed E-state index contributed by atoms with van der Waals surface area (Å²) in [7, 11) is 0. The second-order valence-corrected chi connectivity index (χ2v) is 4.37. The zero-order valence-electron chi connectivity index (χ0n) is 11.0. The highest BCUT2D eigenvalue weighted by atomic mass is 16.5. The molecule has 0 aliphatic rings. The fraction of sp³-hybridized carbons (Fsp3) is 0.250. The third-order valence-electron chi connectivity index (χ3n) is 2.90. The molecule has 19 heavy (non-hydrogen) atoms. The minimum absolute atomic E-state index is 0.0328. The summed E-state index contributed by atoms with van der Waals surface area (Å²) >= 11 is 0. The predicted octanol–water partition coefficient (Wildman–Crippen LogP) is 3.23. The summed E-state index contributed by atoms with van der Waals surface area (Å²) in [5.41, 5.74) is 2.30. The fourth-order valence-corrected chi connectivity index (χ4v) is 1.89. The Balaban J connectivity index is 1.96. The van der Waals surface area contributed by atoms with Gasteiger partial charge in [0.2, 0.25) is 0 Å². The van der Waals surface area contributed by atoms with E-state index in [9.17, 15) is 0 Å². The molecule has 0 bridgehead atoms. The van der Waals surface area contributed by atoms with E-state index in [-0.39, 0.29) is 12.6 Å². The molecule has 0 amide bonds. The Labute approximate surface area is 113 Å². The van der Waals surface area contributed by atoms with Crippen LogP contribution in [-0.4, -0.2) is 18.3 Å². The van der Waals surface area contributed by atoms with Gasteiger partial charge in [0.15, 0.2) is 0 Å². The standard InChI is InChI=1S/C16H19NO2/c1-13(14-5-3-2-4-6-14)17-15-7-9-16(10-8-15)19-12-11-18/h2-10,13,17-18H,11-12H2,1H3. The van der Waals surface area contributed by atoms with Gasteiger partial charge in [0, 0.05) is 11.7 Å². The number of aliphatic hydroxyl groups excluding tert-OH is 1. The minimum Gasteiger partial charge on any atom is -0.491 e. The second-order valence-electron chi connectivity index (χ2n) is 4.37. The van der Waals surface area contributed by atoms with Gasteiger partial charge < -0.3 is 15.2 Å². The van der Waals surface area contributed by atoms with Crippen molar-refractivity contribution in [2.75, 3.05) is 18.5 Å². The van der Waals surface area contributed by atoms with E-state index in [2.05, 4.69) is 24.4 Å². The number of aliphatic hydroxyl groups is 1. The van der Waals surface area contributed by atoms with Crippen molar-refractivity contribution >= 4 is 5.69 Å². The Morgan fingerprint density at radius 3 is 2.37 bits per heavy atom. The Hall–Kier alpha value is -2.00. The Bertz CT molecular complexity index is 482. The average molecular weight is 257 g/mol. The lowest BCUT2D eigenvalue weighted by molar-refractivity contribution is 0.201. The first-order valence-corrected chi connectivity index (χ1v) is 6.45. The maximum absolute atomic E-state index is 8.69. The molecular weight excluding hydrogens is 238 g/mol. The molecular formula is C16H19NO2. The van der Waals surface area contributed by atoms with Crippen LogP contribution in [0.3, 0.4) is 0 Å².